The van der Waals surface area contributed by atoms with Crippen LogP contribution in [0.5, 0.6) is 5.75 Å². The minimum atomic E-state index is 0.139. The summed E-state index contributed by atoms with van der Waals surface area (Å²) in [6, 6.07) is 5.62. The largest absolute Gasteiger partial charge is 0.495 e. The average molecular weight is 308 g/mol. The molecule has 1 aromatic rings. The molecule has 0 aliphatic rings. The molecule has 0 saturated carbocycles. The number of nitrogens with zero attached hydrogens (tertiary/aromatic N) is 1. The van der Waals surface area contributed by atoms with Crippen molar-refractivity contribution in [2.75, 3.05) is 32.6 Å². The van der Waals surface area contributed by atoms with Gasteiger partial charge in [0.25, 0.3) is 5.17 Å². The fraction of sp³-hybridized carbons (Fsp3) is 0.333. The van der Waals surface area contributed by atoms with E-state index < -0.39 is 0 Å². The SMILES string of the molecule is CCNC(=S)O/C(C=O)=C/c1ccc(N(C)C)c(OC)c1. The Morgan fingerprint density at radius 2 is 2.14 bits per heavy atom. The molecule has 6 heteroatoms. The molecule has 1 aromatic carbocycles. The van der Waals surface area contributed by atoms with Crippen LogP contribution < -0.4 is 15.0 Å². The van der Waals surface area contributed by atoms with Crippen molar-refractivity contribution < 1.29 is 14.3 Å². The lowest BCUT2D eigenvalue weighted by atomic mass is 10.1. The van der Waals surface area contributed by atoms with Crippen LogP contribution in [0.25, 0.3) is 6.08 Å². The maximum absolute atomic E-state index is 11.1. The summed E-state index contributed by atoms with van der Waals surface area (Å²) < 4.78 is 10.6. The Morgan fingerprint density at radius 3 is 2.67 bits per heavy atom. The summed E-state index contributed by atoms with van der Waals surface area (Å²) in [6.45, 7) is 2.53. The summed E-state index contributed by atoms with van der Waals surface area (Å²) >= 11 is 4.95. The fourth-order valence-electron chi connectivity index (χ4n) is 1.69. The van der Waals surface area contributed by atoms with Crippen LogP contribution in [-0.2, 0) is 9.53 Å². The van der Waals surface area contributed by atoms with Gasteiger partial charge in [-0.05, 0) is 42.9 Å². The van der Waals surface area contributed by atoms with E-state index in [2.05, 4.69) is 5.32 Å². The van der Waals surface area contributed by atoms with Crippen molar-refractivity contribution in [3.63, 3.8) is 0 Å². The minimum Gasteiger partial charge on any atom is -0.495 e. The molecule has 0 saturated heterocycles. The number of anilines is 1. The third kappa shape index (κ3) is 5.07. The summed E-state index contributed by atoms with van der Waals surface area (Å²) in [5.41, 5.74) is 1.74. The maximum Gasteiger partial charge on any atom is 0.262 e. The van der Waals surface area contributed by atoms with Gasteiger partial charge in [-0.25, -0.2) is 0 Å². The Bertz CT molecular complexity index is 542. The molecular weight excluding hydrogens is 288 g/mol. The molecule has 0 bridgehead atoms. The number of thiocarbonyl (C=S) groups is 1. The molecule has 0 radical (unpaired) electrons. The molecule has 1 N–H and O–H groups in total. The second-order valence-electron chi connectivity index (χ2n) is 4.41. The topological polar surface area (TPSA) is 50.8 Å². The molecule has 0 spiro atoms. The number of rotatable bonds is 6. The van der Waals surface area contributed by atoms with Gasteiger partial charge in [-0.3, -0.25) is 4.79 Å². The van der Waals surface area contributed by atoms with Gasteiger partial charge in [0.2, 0.25) is 0 Å². The van der Waals surface area contributed by atoms with Crippen molar-refractivity contribution in [1.82, 2.24) is 5.32 Å². The number of nitrogens with one attached hydrogen (secondary N) is 1. The quantitative estimate of drug-likeness (QED) is 0.376. The number of allylic oxidation sites excluding steroid dienone is 1. The van der Waals surface area contributed by atoms with Crippen LogP contribution in [0.1, 0.15) is 12.5 Å². The van der Waals surface area contributed by atoms with E-state index in [1.807, 2.05) is 44.1 Å². The average Bonchev–Trinajstić information content (AvgIpc) is 2.46. The van der Waals surface area contributed by atoms with Crippen LogP contribution in [0.3, 0.4) is 0 Å². The Hall–Kier alpha value is -2.08. The fourth-order valence-corrected chi connectivity index (χ4v) is 1.93. The Balaban J connectivity index is 3.00. The van der Waals surface area contributed by atoms with Gasteiger partial charge in [-0.15, -0.1) is 0 Å². The van der Waals surface area contributed by atoms with E-state index in [1.54, 1.807) is 13.2 Å². The first kappa shape index (κ1) is 17.0. The Kier molecular flexibility index (Phi) is 6.68. The summed E-state index contributed by atoms with van der Waals surface area (Å²) in [5, 5.41) is 2.99. The summed E-state index contributed by atoms with van der Waals surface area (Å²) in [5.74, 6) is 0.855. The Labute approximate surface area is 130 Å². The van der Waals surface area contributed by atoms with E-state index in [0.29, 0.717) is 18.6 Å². The van der Waals surface area contributed by atoms with E-state index in [-0.39, 0.29) is 10.9 Å². The van der Waals surface area contributed by atoms with Gasteiger partial charge in [0.1, 0.15) is 5.75 Å². The van der Waals surface area contributed by atoms with E-state index in [1.165, 1.54) is 0 Å². The van der Waals surface area contributed by atoms with Gasteiger partial charge in [-0.2, -0.15) is 0 Å². The molecule has 0 aromatic heterocycles. The van der Waals surface area contributed by atoms with Crippen molar-refractivity contribution >= 4 is 35.4 Å². The highest BCUT2D eigenvalue weighted by Crippen LogP contribution is 2.28. The van der Waals surface area contributed by atoms with Crippen LogP contribution in [-0.4, -0.2) is 39.2 Å². The lowest BCUT2D eigenvalue weighted by molar-refractivity contribution is -0.106. The molecule has 0 amide bonds. The van der Waals surface area contributed by atoms with Crippen molar-refractivity contribution in [2.24, 2.45) is 0 Å². The summed E-state index contributed by atoms with van der Waals surface area (Å²) in [4.78, 5) is 13.0. The van der Waals surface area contributed by atoms with Crippen LogP contribution in [0, 0.1) is 0 Å². The molecule has 0 heterocycles. The minimum absolute atomic E-state index is 0.139. The number of ether oxygens (including phenoxy) is 2. The first-order valence-electron chi connectivity index (χ1n) is 6.49. The van der Waals surface area contributed by atoms with Crippen LogP contribution in [0.2, 0.25) is 0 Å². The van der Waals surface area contributed by atoms with Crippen molar-refractivity contribution in [1.29, 1.82) is 0 Å². The van der Waals surface area contributed by atoms with E-state index in [0.717, 1.165) is 11.3 Å². The third-order valence-electron chi connectivity index (χ3n) is 2.64. The number of carbonyl (C=O) groups excluding carboxylic acids is 1. The third-order valence-corrected chi connectivity index (χ3v) is 2.87. The lowest BCUT2D eigenvalue weighted by Gasteiger charge is -2.16. The zero-order chi connectivity index (χ0) is 15.8. The van der Waals surface area contributed by atoms with Crippen LogP contribution in [0.4, 0.5) is 5.69 Å². The van der Waals surface area contributed by atoms with Crippen molar-refractivity contribution in [3.8, 4) is 5.75 Å². The van der Waals surface area contributed by atoms with Crippen LogP contribution in [0.15, 0.2) is 24.0 Å². The lowest BCUT2D eigenvalue weighted by Crippen LogP contribution is -2.23. The predicted molar refractivity (Wildman–Crippen MR) is 88.7 cm³/mol. The van der Waals surface area contributed by atoms with Gasteiger partial charge in [0, 0.05) is 20.6 Å². The van der Waals surface area contributed by atoms with Gasteiger partial charge in [-0.1, -0.05) is 6.07 Å². The second kappa shape index (κ2) is 8.26. The maximum atomic E-state index is 11.1. The zero-order valence-corrected chi connectivity index (χ0v) is 13.5. The van der Waals surface area contributed by atoms with E-state index >= 15 is 0 Å². The first-order valence-corrected chi connectivity index (χ1v) is 6.90. The zero-order valence-electron chi connectivity index (χ0n) is 12.7. The van der Waals surface area contributed by atoms with Gasteiger partial charge in [0.15, 0.2) is 12.0 Å². The number of methoxy groups -OCH3 is 1. The predicted octanol–water partition coefficient (Wildman–Crippen LogP) is 2.21. The number of carbonyl (C=O) groups is 1. The normalized spacial score (nSPS) is 10.8. The van der Waals surface area contributed by atoms with Crippen molar-refractivity contribution in [3.05, 3.63) is 29.5 Å². The van der Waals surface area contributed by atoms with Crippen LogP contribution >= 0.6 is 12.2 Å². The molecule has 0 unspecified atom stereocenters. The standard InChI is InChI=1S/C15H20N2O3S/c1-5-16-15(21)20-12(10-18)8-11-6-7-13(17(2)3)14(9-11)19-4/h6-10H,5H2,1-4H3,(H,16,21)/b12-8+. The summed E-state index contributed by atoms with van der Waals surface area (Å²) in [6.07, 6.45) is 2.23. The monoisotopic (exact) mass is 308 g/mol. The highest BCUT2D eigenvalue weighted by molar-refractivity contribution is 7.80. The molecule has 1 rings (SSSR count). The van der Waals surface area contributed by atoms with E-state index in [9.17, 15) is 4.79 Å². The molecule has 21 heavy (non-hydrogen) atoms. The van der Waals surface area contributed by atoms with E-state index in [4.69, 9.17) is 21.7 Å². The molecular formula is C15H20N2O3S. The molecule has 114 valence electrons. The van der Waals surface area contributed by atoms with Gasteiger partial charge in [0.05, 0.1) is 12.8 Å². The van der Waals surface area contributed by atoms with Crippen molar-refractivity contribution in [2.45, 2.75) is 6.92 Å². The number of hydrogen-bond acceptors (Lipinski definition) is 5. The number of benzene rings is 1. The highest BCUT2D eigenvalue weighted by Gasteiger charge is 2.07. The second-order valence-corrected chi connectivity index (χ2v) is 4.78. The molecule has 0 aliphatic heterocycles. The first-order chi connectivity index (χ1) is 10.0. The smallest absolute Gasteiger partial charge is 0.262 e. The van der Waals surface area contributed by atoms with Gasteiger partial charge >= 0.3 is 0 Å². The summed E-state index contributed by atoms with van der Waals surface area (Å²) in [7, 11) is 5.47. The van der Waals surface area contributed by atoms with Gasteiger partial charge < -0.3 is 19.7 Å². The molecule has 0 fully saturated rings. The molecule has 0 atom stereocenters. The highest BCUT2D eigenvalue weighted by atomic mass is 32.1. The molecule has 5 nitrogen and oxygen atoms in total. The Morgan fingerprint density at radius 1 is 1.43 bits per heavy atom. The number of aldehydes is 1. The molecule has 0 aliphatic carbocycles. The number of hydrogen-bond donors (Lipinski definition) is 1.